The molecule has 2 aliphatic rings. The molecule has 0 radical (unpaired) electrons. The number of hydrogen-bond donors (Lipinski definition) is 1. The molecule has 9 heteroatoms. The summed E-state index contributed by atoms with van der Waals surface area (Å²) in [5.74, 6) is 0.153. The van der Waals surface area contributed by atoms with E-state index >= 15 is 0 Å². The largest absolute Gasteiger partial charge is 0.442 e. The SMILES string of the molecule is [C-]#[N+]C1(c2ccc(N3CC(Cn4nnc(C#N)c4N)OC3=O)cc2)CC1. The van der Waals surface area contributed by atoms with Gasteiger partial charge in [-0.2, -0.15) is 5.26 Å². The Morgan fingerprint density at radius 1 is 1.42 bits per heavy atom. The van der Waals surface area contributed by atoms with Crippen LogP contribution in [-0.2, 0) is 16.8 Å². The number of carbonyl (C=O) groups is 1. The summed E-state index contributed by atoms with van der Waals surface area (Å²) in [6, 6.07) is 9.32. The summed E-state index contributed by atoms with van der Waals surface area (Å²) in [5.41, 5.74) is 7.17. The Bertz CT molecular complexity index is 947. The number of aromatic nitrogens is 3. The number of ether oxygens (including phenoxy) is 1. The molecule has 2 N–H and O–H groups in total. The van der Waals surface area contributed by atoms with Crippen molar-refractivity contribution < 1.29 is 9.53 Å². The lowest BCUT2D eigenvalue weighted by Gasteiger charge is -2.14. The average molecular weight is 349 g/mol. The van der Waals surface area contributed by atoms with Crippen molar-refractivity contribution in [1.82, 2.24) is 15.0 Å². The minimum Gasteiger partial charge on any atom is -0.442 e. The molecular formula is C17H15N7O2. The first-order valence-electron chi connectivity index (χ1n) is 8.13. The van der Waals surface area contributed by atoms with Crippen LogP contribution < -0.4 is 10.6 Å². The number of carbonyl (C=O) groups excluding carboxylic acids is 1. The molecule has 2 fully saturated rings. The third-order valence-electron chi connectivity index (χ3n) is 4.78. The van der Waals surface area contributed by atoms with Gasteiger partial charge in [-0.15, -0.1) is 5.10 Å². The molecule has 1 aromatic carbocycles. The summed E-state index contributed by atoms with van der Waals surface area (Å²) in [5, 5.41) is 16.3. The van der Waals surface area contributed by atoms with Crippen molar-refractivity contribution in [2.75, 3.05) is 17.2 Å². The van der Waals surface area contributed by atoms with Crippen LogP contribution in [0.5, 0.6) is 0 Å². The third-order valence-corrected chi connectivity index (χ3v) is 4.78. The number of anilines is 2. The van der Waals surface area contributed by atoms with Gasteiger partial charge >= 0.3 is 6.09 Å². The van der Waals surface area contributed by atoms with Crippen LogP contribution in [-0.4, -0.2) is 33.7 Å². The molecule has 2 heterocycles. The summed E-state index contributed by atoms with van der Waals surface area (Å²) in [6.07, 6.45) is 0.866. The van der Waals surface area contributed by atoms with Crippen LogP contribution in [0.15, 0.2) is 24.3 Å². The highest BCUT2D eigenvalue weighted by Gasteiger charge is 2.52. The second-order valence-electron chi connectivity index (χ2n) is 6.42. The molecule has 4 rings (SSSR count). The number of hydrogen-bond acceptors (Lipinski definition) is 6. The topological polar surface area (TPSA) is 114 Å². The smallest absolute Gasteiger partial charge is 0.414 e. The van der Waals surface area contributed by atoms with Crippen LogP contribution in [0.4, 0.5) is 16.3 Å². The number of nitrogen functional groups attached to an aromatic ring is 1. The van der Waals surface area contributed by atoms with Crippen molar-refractivity contribution in [3.8, 4) is 6.07 Å². The first-order valence-corrected chi connectivity index (χ1v) is 8.13. The Balaban J connectivity index is 1.47. The van der Waals surface area contributed by atoms with Gasteiger partial charge in [0, 0.05) is 24.1 Å². The number of amides is 1. The summed E-state index contributed by atoms with van der Waals surface area (Å²) >= 11 is 0. The maximum absolute atomic E-state index is 12.2. The van der Waals surface area contributed by atoms with E-state index in [1.54, 1.807) is 0 Å². The molecule has 9 nitrogen and oxygen atoms in total. The molecule has 1 saturated carbocycles. The molecule has 130 valence electrons. The Morgan fingerprint density at radius 3 is 2.73 bits per heavy atom. The van der Waals surface area contributed by atoms with E-state index in [1.165, 1.54) is 9.58 Å². The zero-order valence-corrected chi connectivity index (χ0v) is 13.8. The van der Waals surface area contributed by atoms with E-state index in [2.05, 4.69) is 15.2 Å². The van der Waals surface area contributed by atoms with E-state index < -0.39 is 12.2 Å². The van der Waals surface area contributed by atoms with E-state index in [9.17, 15) is 4.79 Å². The summed E-state index contributed by atoms with van der Waals surface area (Å²) in [4.78, 5) is 17.4. The zero-order chi connectivity index (χ0) is 18.3. The molecule has 0 spiro atoms. The molecular weight excluding hydrogens is 334 g/mol. The van der Waals surface area contributed by atoms with Crippen molar-refractivity contribution >= 4 is 17.6 Å². The Kier molecular flexibility index (Phi) is 3.51. The van der Waals surface area contributed by atoms with Gasteiger partial charge in [0.2, 0.25) is 5.69 Å². The molecule has 26 heavy (non-hydrogen) atoms. The van der Waals surface area contributed by atoms with Gasteiger partial charge < -0.3 is 15.3 Å². The van der Waals surface area contributed by atoms with Crippen LogP contribution in [0.2, 0.25) is 0 Å². The lowest BCUT2D eigenvalue weighted by atomic mass is 10.1. The monoisotopic (exact) mass is 349 g/mol. The van der Waals surface area contributed by atoms with Crippen molar-refractivity contribution in [2.45, 2.75) is 31.0 Å². The predicted molar refractivity (Wildman–Crippen MR) is 90.7 cm³/mol. The van der Waals surface area contributed by atoms with Gasteiger partial charge in [0.15, 0.2) is 5.82 Å². The zero-order valence-electron chi connectivity index (χ0n) is 13.8. The maximum atomic E-state index is 12.2. The van der Waals surface area contributed by atoms with Gasteiger partial charge in [-0.3, -0.25) is 4.90 Å². The number of nitrogens with two attached hydrogens (primary N) is 1. The Labute approximate surface area is 149 Å². The van der Waals surface area contributed by atoms with Gasteiger partial charge in [0.05, 0.1) is 13.1 Å². The van der Waals surface area contributed by atoms with Gasteiger partial charge in [0.25, 0.3) is 5.54 Å². The van der Waals surface area contributed by atoms with E-state index in [0.29, 0.717) is 12.2 Å². The highest BCUT2D eigenvalue weighted by atomic mass is 16.6. The first-order chi connectivity index (χ1) is 12.6. The van der Waals surface area contributed by atoms with Crippen LogP contribution in [0, 0.1) is 17.9 Å². The lowest BCUT2D eigenvalue weighted by molar-refractivity contribution is 0.129. The van der Waals surface area contributed by atoms with E-state index in [4.69, 9.17) is 22.3 Å². The molecule has 0 bridgehead atoms. The lowest BCUT2D eigenvalue weighted by Crippen LogP contribution is -2.26. The van der Waals surface area contributed by atoms with Crippen LogP contribution in [0.3, 0.4) is 0 Å². The molecule has 1 unspecified atom stereocenters. The van der Waals surface area contributed by atoms with Gasteiger partial charge in [-0.1, -0.05) is 5.21 Å². The molecule has 1 atom stereocenters. The number of nitrogens with zero attached hydrogens (tertiary/aromatic N) is 6. The first kappa shape index (κ1) is 15.9. The molecule has 1 aromatic heterocycles. The summed E-state index contributed by atoms with van der Waals surface area (Å²) < 4.78 is 6.73. The molecule has 1 aliphatic carbocycles. The molecule has 1 saturated heterocycles. The summed E-state index contributed by atoms with van der Waals surface area (Å²) in [6.45, 7) is 7.89. The van der Waals surface area contributed by atoms with Crippen LogP contribution >= 0.6 is 0 Å². The standard InChI is InChI=1S/C17H15N7O2/c1-20-17(6-7-17)11-2-4-12(5-3-11)23-9-13(26-16(23)25)10-24-15(19)14(8-18)21-22-24/h2-5,13H,6-7,9-10,19H2. The van der Waals surface area contributed by atoms with E-state index in [1.807, 2.05) is 30.3 Å². The minimum absolute atomic E-state index is 0.0515. The van der Waals surface area contributed by atoms with E-state index in [-0.39, 0.29) is 23.6 Å². The fourth-order valence-electron chi connectivity index (χ4n) is 3.09. The highest BCUT2D eigenvalue weighted by Crippen LogP contribution is 2.49. The third kappa shape index (κ3) is 2.50. The Morgan fingerprint density at radius 2 is 2.15 bits per heavy atom. The van der Waals surface area contributed by atoms with Crippen molar-refractivity contribution in [1.29, 1.82) is 5.26 Å². The number of nitriles is 1. The Hall–Kier alpha value is -3.59. The second kappa shape index (κ2) is 5.74. The minimum atomic E-state index is -0.451. The molecule has 2 aromatic rings. The fourth-order valence-corrected chi connectivity index (χ4v) is 3.09. The highest BCUT2D eigenvalue weighted by molar-refractivity contribution is 5.89. The molecule has 1 amide bonds. The maximum Gasteiger partial charge on any atom is 0.414 e. The van der Waals surface area contributed by atoms with Gasteiger partial charge in [0.1, 0.15) is 12.2 Å². The average Bonchev–Trinajstić information content (AvgIpc) is 3.27. The molecule has 1 aliphatic heterocycles. The predicted octanol–water partition coefficient (Wildman–Crippen LogP) is 1.67. The van der Waals surface area contributed by atoms with Crippen molar-refractivity contribution in [3.63, 3.8) is 0 Å². The number of benzene rings is 1. The van der Waals surface area contributed by atoms with E-state index in [0.717, 1.165) is 18.4 Å². The number of rotatable bonds is 4. The number of cyclic esters (lactones) is 1. The van der Waals surface area contributed by atoms with Gasteiger partial charge in [-0.05, 0) is 24.3 Å². The fraction of sp³-hybridized carbons (Fsp3) is 0.353. The van der Waals surface area contributed by atoms with Crippen LogP contribution in [0.25, 0.3) is 4.85 Å². The summed E-state index contributed by atoms with van der Waals surface area (Å²) in [7, 11) is 0. The quantitative estimate of drug-likeness (QED) is 0.840. The van der Waals surface area contributed by atoms with Crippen molar-refractivity contribution in [2.24, 2.45) is 0 Å². The van der Waals surface area contributed by atoms with Crippen LogP contribution in [0.1, 0.15) is 24.1 Å². The normalized spacial score (nSPS) is 20.3. The van der Waals surface area contributed by atoms with Gasteiger partial charge in [-0.25, -0.2) is 16.0 Å². The van der Waals surface area contributed by atoms with Crippen molar-refractivity contribution in [3.05, 3.63) is 46.9 Å². The second-order valence-corrected chi connectivity index (χ2v) is 6.42.